The summed E-state index contributed by atoms with van der Waals surface area (Å²) in [6.45, 7) is 3.49. The molecule has 2 aromatic rings. The molecular formula is C20H21Cl2NO3. The Kier molecular flexibility index (Phi) is 7.09. The summed E-state index contributed by atoms with van der Waals surface area (Å²) in [5, 5.41) is 11.2. The first-order valence-electron chi connectivity index (χ1n) is 8.11. The van der Waals surface area contributed by atoms with Gasteiger partial charge in [-0.1, -0.05) is 36.2 Å². The highest BCUT2D eigenvalue weighted by molar-refractivity contribution is 6.35. The zero-order chi connectivity index (χ0) is 19.3. The second-order valence-corrected chi connectivity index (χ2v) is 6.72. The smallest absolute Gasteiger partial charge is 0.189 e. The molecule has 0 atom stereocenters. The molecule has 0 aliphatic heterocycles. The minimum atomic E-state index is -0.323. The van der Waals surface area contributed by atoms with Gasteiger partial charge in [-0.25, -0.2) is 0 Å². The third-order valence-corrected chi connectivity index (χ3v) is 4.58. The maximum atomic E-state index is 12.6. The third-order valence-electron chi connectivity index (χ3n) is 4.02. The van der Waals surface area contributed by atoms with Crippen molar-refractivity contribution in [2.24, 2.45) is 0 Å². The number of nitrogens with zero attached hydrogens (tertiary/aromatic N) is 1. The van der Waals surface area contributed by atoms with Crippen molar-refractivity contribution >= 4 is 35.1 Å². The second-order valence-electron chi connectivity index (χ2n) is 5.88. The van der Waals surface area contributed by atoms with Crippen LogP contribution in [-0.4, -0.2) is 36.5 Å². The minimum Gasteiger partial charge on any atom is -0.507 e. The number of benzene rings is 2. The molecule has 4 nitrogen and oxygen atoms in total. The van der Waals surface area contributed by atoms with Gasteiger partial charge in [-0.2, -0.15) is 0 Å². The Balaban J connectivity index is 2.32. The fourth-order valence-corrected chi connectivity index (χ4v) is 2.89. The predicted molar refractivity (Wildman–Crippen MR) is 106 cm³/mol. The van der Waals surface area contributed by atoms with Crippen molar-refractivity contribution in [3.63, 3.8) is 0 Å². The molecule has 138 valence electrons. The first kappa shape index (κ1) is 20.3. The number of aromatic hydroxyl groups is 1. The van der Waals surface area contributed by atoms with Gasteiger partial charge in [0, 0.05) is 28.2 Å². The summed E-state index contributed by atoms with van der Waals surface area (Å²) in [6, 6.07) is 8.16. The van der Waals surface area contributed by atoms with Gasteiger partial charge in [0.25, 0.3) is 0 Å². The van der Waals surface area contributed by atoms with Gasteiger partial charge in [0.05, 0.1) is 12.7 Å². The Morgan fingerprint density at radius 1 is 1.27 bits per heavy atom. The van der Waals surface area contributed by atoms with Gasteiger partial charge >= 0.3 is 0 Å². The van der Waals surface area contributed by atoms with E-state index in [0.29, 0.717) is 27.9 Å². The number of phenolic OH excluding ortho intramolecular Hbond substituents is 1. The summed E-state index contributed by atoms with van der Waals surface area (Å²) in [7, 11) is 3.50. The van der Waals surface area contributed by atoms with Crippen LogP contribution in [-0.2, 0) is 6.54 Å². The van der Waals surface area contributed by atoms with E-state index in [1.165, 1.54) is 19.3 Å². The highest BCUT2D eigenvalue weighted by Gasteiger charge is 2.15. The molecule has 0 bridgehead atoms. The summed E-state index contributed by atoms with van der Waals surface area (Å²) in [5.41, 5.74) is 1.71. The number of phenols is 1. The van der Waals surface area contributed by atoms with Crippen molar-refractivity contribution in [3.05, 3.63) is 63.1 Å². The molecule has 0 unspecified atom stereocenters. The van der Waals surface area contributed by atoms with E-state index in [4.69, 9.17) is 27.9 Å². The average molecular weight is 394 g/mol. The van der Waals surface area contributed by atoms with Crippen LogP contribution in [0.4, 0.5) is 0 Å². The number of carbonyl (C=O) groups is 1. The first-order valence-corrected chi connectivity index (χ1v) is 8.87. The summed E-state index contributed by atoms with van der Waals surface area (Å²) in [4.78, 5) is 14.6. The van der Waals surface area contributed by atoms with Crippen molar-refractivity contribution in [2.75, 3.05) is 20.7 Å². The SMILES string of the molecule is CCN(C)Cc1cc(C(=O)/C=C/c2ccc(Cl)cc2Cl)c(O)cc1OC. The summed E-state index contributed by atoms with van der Waals surface area (Å²) < 4.78 is 5.32. The molecule has 0 aliphatic carbocycles. The summed E-state index contributed by atoms with van der Waals surface area (Å²) >= 11 is 12.0. The molecule has 0 saturated heterocycles. The molecule has 1 N–H and O–H groups in total. The molecule has 0 radical (unpaired) electrons. The molecule has 0 spiro atoms. The van der Waals surface area contributed by atoms with Gasteiger partial charge in [0.2, 0.25) is 0 Å². The number of methoxy groups -OCH3 is 1. The van der Waals surface area contributed by atoms with Crippen molar-refractivity contribution in [1.29, 1.82) is 0 Å². The van der Waals surface area contributed by atoms with E-state index in [-0.39, 0.29) is 17.1 Å². The van der Waals surface area contributed by atoms with E-state index in [1.54, 1.807) is 30.3 Å². The van der Waals surface area contributed by atoms with E-state index in [0.717, 1.165) is 12.1 Å². The molecule has 0 amide bonds. The molecule has 0 aromatic heterocycles. The minimum absolute atomic E-state index is 0.124. The van der Waals surface area contributed by atoms with E-state index in [1.807, 2.05) is 14.0 Å². The normalized spacial score (nSPS) is 11.3. The lowest BCUT2D eigenvalue weighted by Crippen LogP contribution is -2.17. The topological polar surface area (TPSA) is 49.8 Å². The van der Waals surface area contributed by atoms with Gasteiger partial charge in [-0.3, -0.25) is 4.79 Å². The fraction of sp³-hybridized carbons (Fsp3) is 0.250. The molecule has 2 aromatic carbocycles. The quantitative estimate of drug-likeness (QED) is 0.527. The largest absolute Gasteiger partial charge is 0.507 e. The van der Waals surface area contributed by atoms with Gasteiger partial charge < -0.3 is 14.7 Å². The highest BCUT2D eigenvalue weighted by Crippen LogP contribution is 2.30. The Bertz CT molecular complexity index is 834. The highest BCUT2D eigenvalue weighted by atomic mass is 35.5. The average Bonchev–Trinajstić information content (AvgIpc) is 2.61. The van der Waals surface area contributed by atoms with Gasteiger partial charge in [-0.15, -0.1) is 0 Å². The van der Waals surface area contributed by atoms with E-state index in [9.17, 15) is 9.90 Å². The van der Waals surface area contributed by atoms with E-state index >= 15 is 0 Å². The van der Waals surface area contributed by atoms with Crippen LogP contribution in [0.2, 0.25) is 10.0 Å². The molecule has 26 heavy (non-hydrogen) atoms. The van der Waals surface area contributed by atoms with Crippen molar-refractivity contribution in [1.82, 2.24) is 4.90 Å². The molecular weight excluding hydrogens is 373 g/mol. The van der Waals surface area contributed by atoms with Crippen LogP contribution in [0.15, 0.2) is 36.4 Å². The summed E-state index contributed by atoms with van der Waals surface area (Å²) in [5.74, 6) is 0.0993. The number of allylic oxidation sites excluding steroid dienone is 1. The molecule has 0 saturated carbocycles. The number of ether oxygens (including phenoxy) is 1. The van der Waals surface area contributed by atoms with Gasteiger partial charge in [0.1, 0.15) is 11.5 Å². The molecule has 0 fully saturated rings. The lowest BCUT2D eigenvalue weighted by Gasteiger charge is -2.17. The van der Waals surface area contributed by atoms with Crippen LogP contribution in [0.25, 0.3) is 6.08 Å². The van der Waals surface area contributed by atoms with Crippen LogP contribution in [0.5, 0.6) is 11.5 Å². The lowest BCUT2D eigenvalue weighted by atomic mass is 10.0. The Morgan fingerprint density at radius 3 is 2.62 bits per heavy atom. The zero-order valence-electron chi connectivity index (χ0n) is 14.9. The van der Waals surface area contributed by atoms with E-state index in [2.05, 4.69) is 4.90 Å². The monoisotopic (exact) mass is 393 g/mol. The van der Waals surface area contributed by atoms with Gasteiger partial charge in [-0.05, 0) is 49.5 Å². The third kappa shape index (κ3) is 5.01. The summed E-state index contributed by atoms with van der Waals surface area (Å²) in [6.07, 6.45) is 2.98. The van der Waals surface area contributed by atoms with E-state index < -0.39 is 0 Å². The second kappa shape index (κ2) is 9.08. The van der Waals surface area contributed by atoms with Crippen molar-refractivity contribution in [2.45, 2.75) is 13.5 Å². The van der Waals surface area contributed by atoms with Crippen molar-refractivity contribution < 1.29 is 14.6 Å². The Labute approximate surface area is 163 Å². The van der Waals surface area contributed by atoms with Gasteiger partial charge in [0.15, 0.2) is 5.78 Å². The zero-order valence-corrected chi connectivity index (χ0v) is 16.4. The van der Waals surface area contributed by atoms with Crippen LogP contribution in [0, 0.1) is 0 Å². The molecule has 6 heteroatoms. The first-order chi connectivity index (χ1) is 12.3. The maximum absolute atomic E-state index is 12.6. The number of ketones is 1. The maximum Gasteiger partial charge on any atom is 0.189 e. The standard InChI is InChI=1S/C20H21Cl2NO3/c1-4-23(2)12-14-9-16(19(25)11-20(14)26-3)18(24)8-6-13-5-7-15(21)10-17(13)22/h5-11,25H,4,12H2,1-3H3/b8-6+. The van der Waals surface area contributed by atoms with Crippen LogP contribution >= 0.6 is 23.2 Å². The lowest BCUT2D eigenvalue weighted by molar-refractivity contribution is 0.104. The predicted octanol–water partition coefficient (Wildman–Crippen LogP) is 5.06. The number of rotatable bonds is 7. The fourth-order valence-electron chi connectivity index (χ4n) is 2.42. The Hall–Kier alpha value is -2.01. The Morgan fingerprint density at radius 2 is 2.00 bits per heavy atom. The molecule has 2 rings (SSSR count). The van der Waals surface area contributed by atoms with Crippen LogP contribution < -0.4 is 4.74 Å². The number of hydrogen-bond donors (Lipinski definition) is 1. The van der Waals surface area contributed by atoms with Crippen LogP contribution in [0.1, 0.15) is 28.4 Å². The molecule has 0 aliphatic rings. The number of halogens is 2. The number of hydrogen-bond acceptors (Lipinski definition) is 4. The van der Waals surface area contributed by atoms with Crippen LogP contribution in [0.3, 0.4) is 0 Å². The number of carbonyl (C=O) groups excluding carboxylic acids is 1. The van der Waals surface area contributed by atoms with Crippen molar-refractivity contribution in [3.8, 4) is 11.5 Å². The molecule has 0 heterocycles.